The largest absolute Gasteiger partial charge is 0.351 e. The minimum atomic E-state index is -0.253. The van der Waals surface area contributed by atoms with Crippen molar-refractivity contribution in [2.24, 2.45) is 0 Å². The van der Waals surface area contributed by atoms with Gasteiger partial charge in [-0.25, -0.2) is 4.39 Å². The Kier molecular flexibility index (Phi) is 5.18. The highest BCUT2D eigenvalue weighted by Gasteiger charge is 2.13. The predicted molar refractivity (Wildman–Crippen MR) is 105 cm³/mol. The van der Waals surface area contributed by atoms with Crippen LogP contribution in [0.15, 0.2) is 48.5 Å². The van der Waals surface area contributed by atoms with Gasteiger partial charge in [-0.3, -0.25) is 4.79 Å². The van der Waals surface area contributed by atoms with Crippen LogP contribution in [0.25, 0.3) is 22.0 Å². The molecule has 1 aliphatic heterocycles. The van der Waals surface area contributed by atoms with Gasteiger partial charge in [0.1, 0.15) is 11.5 Å². The van der Waals surface area contributed by atoms with Crippen molar-refractivity contribution >= 4 is 16.8 Å². The number of carbonyl (C=O) groups excluding carboxylic acids is 1. The highest BCUT2D eigenvalue weighted by Crippen LogP contribution is 2.25. The molecule has 3 aromatic rings. The van der Waals surface area contributed by atoms with E-state index in [-0.39, 0.29) is 11.7 Å². The van der Waals surface area contributed by atoms with Crippen molar-refractivity contribution in [1.82, 2.24) is 20.9 Å². The number of fused-ring (bicyclic) bond motifs is 1. The molecule has 1 atom stereocenters. The SMILES string of the molecule is O=C(NCCNC1CCCN1)c1cc2ccc(-c3ccc(F)cc3)cc2[nH]1. The lowest BCUT2D eigenvalue weighted by Crippen LogP contribution is -2.41. The van der Waals surface area contributed by atoms with Crippen molar-refractivity contribution in [2.45, 2.75) is 19.0 Å². The molecule has 1 aliphatic rings. The fourth-order valence-corrected chi connectivity index (χ4v) is 3.45. The number of aromatic amines is 1. The second-order valence-electron chi connectivity index (χ2n) is 6.85. The molecule has 140 valence electrons. The highest BCUT2D eigenvalue weighted by atomic mass is 19.1. The maximum absolute atomic E-state index is 13.1. The zero-order valence-corrected chi connectivity index (χ0v) is 15.0. The summed E-state index contributed by atoms with van der Waals surface area (Å²) in [6.07, 6.45) is 2.69. The van der Waals surface area contributed by atoms with E-state index >= 15 is 0 Å². The molecule has 0 bridgehead atoms. The summed E-state index contributed by atoms with van der Waals surface area (Å²) in [6.45, 7) is 2.37. The van der Waals surface area contributed by atoms with E-state index < -0.39 is 0 Å². The third-order valence-electron chi connectivity index (χ3n) is 4.91. The quantitative estimate of drug-likeness (QED) is 0.507. The van der Waals surface area contributed by atoms with Gasteiger partial charge in [0.05, 0.1) is 6.17 Å². The van der Waals surface area contributed by atoms with Gasteiger partial charge >= 0.3 is 0 Å². The van der Waals surface area contributed by atoms with Crippen LogP contribution in [-0.4, -0.2) is 36.7 Å². The van der Waals surface area contributed by atoms with Crippen LogP contribution in [-0.2, 0) is 0 Å². The Morgan fingerprint density at radius 2 is 1.89 bits per heavy atom. The summed E-state index contributed by atoms with van der Waals surface area (Å²) in [5.74, 6) is -0.368. The molecule has 2 heterocycles. The van der Waals surface area contributed by atoms with Crippen molar-refractivity contribution in [1.29, 1.82) is 0 Å². The van der Waals surface area contributed by atoms with E-state index in [2.05, 4.69) is 20.9 Å². The number of hydrogen-bond acceptors (Lipinski definition) is 3. The van der Waals surface area contributed by atoms with Gasteiger partial charge in [0.2, 0.25) is 0 Å². The van der Waals surface area contributed by atoms with Crippen molar-refractivity contribution < 1.29 is 9.18 Å². The molecule has 4 N–H and O–H groups in total. The van der Waals surface area contributed by atoms with Crippen LogP contribution in [0.1, 0.15) is 23.3 Å². The lowest BCUT2D eigenvalue weighted by Gasteiger charge is -2.12. The fourth-order valence-electron chi connectivity index (χ4n) is 3.45. The first-order chi connectivity index (χ1) is 13.2. The Bertz CT molecular complexity index is 929. The summed E-state index contributed by atoms with van der Waals surface area (Å²) < 4.78 is 13.1. The first-order valence-corrected chi connectivity index (χ1v) is 9.33. The monoisotopic (exact) mass is 366 g/mol. The minimum absolute atomic E-state index is 0.115. The number of carbonyl (C=O) groups is 1. The molecule has 27 heavy (non-hydrogen) atoms. The zero-order valence-electron chi connectivity index (χ0n) is 15.0. The Balaban J connectivity index is 1.40. The number of H-pyrrole nitrogens is 1. The molecular weight excluding hydrogens is 343 g/mol. The number of hydrogen-bond donors (Lipinski definition) is 4. The summed E-state index contributed by atoms with van der Waals surface area (Å²) in [5, 5.41) is 10.7. The van der Waals surface area contributed by atoms with Gasteiger partial charge in [-0.1, -0.05) is 24.3 Å². The number of aromatic nitrogens is 1. The summed E-state index contributed by atoms with van der Waals surface area (Å²) in [4.78, 5) is 15.6. The first kappa shape index (κ1) is 17.7. The summed E-state index contributed by atoms with van der Waals surface area (Å²) in [7, 11) is 0. The lowest BCUT2D eigenvalue weighted by atomic mass is 10.0. The maximum atomic E-state index is 13.1. The predicted octanol–water partition coefficient (Wildman–Crippen LogP) is 3.00. The van der Waals surface area contributed by atoms with E-state index in [9.17, 15) is 9.18 Å². The van der Waals surface area contributed by atoms with Crippen LogP contribution in [0, 0.1) is 5.82 Å². The molecular formula is C21H23FN4O. The van der Waals surface area contributed by atoms with E-state index in [0.29, 0.717) is 18.4 Å². The number of amides is 1. The van der Waals surface area contributed by atoms with Crippen LogP contribution >= 0.6 is 0 Å². The minimum Gasteiger partial charge on any atom is -0.351 e. The average Bonchev–Trinajstić information content (AvgIpc) is 3.34. The van der Waals surface area contributed by atoms with E-state index in [4.69, 9.17) is 0 Å². The second-order valence-corrected chi connectivity index (χ2v) is 6.85. The third-order valence-corrected chi connectivity index (χ3v) is 4.91. The molecule has 0 aliphatic carbocycles. The summed E-state index contributed by atoms with van der Waals surface area (Å²) >= 11 is 0. The van der Waals surface area contributed by atoms with Gasteiger partial charge in [-0.2, -0.15) is 0 Å². The molecule has 0 spiro atoms. The molecule has 1 aromatic heterocycles. The van der Waals surface area contributed by atoms with E-state index in [1.165, 1.54) is 18.6 Å². The summed E-state index contributed by atoms with van der Waals surface area (Å²) in [6, 6.07) is 14.2. The molecule has 0 saturated carbocycles. The van der Waals surface area contributed by atoms with Crippen molar-refractivity contribution in [3.05, 3.63) is 60.0 Å². The number of halogens is 1. The van der Waals surface area contributed by atoms with Gasteiger partial charge in [-0.15, -0.1) is 0 Å². The molecule has 2 aromatic carbocycles. The molecule has 5 nitrogen and oxygen atoms in total. The lowest BCUT2D eigenvalue weighted by molar-refractivity contribution is 0.0949. The molecule has 0 radical (unpaired) electrons. The Hall–Kier alpha value is -2.70. The average molecular weight is 366 g/mol. The highest BCUT2D eigenvalue weighted by molar-refractivity contribution is 5.98. The smallest absolute Gasteiger partial charge is 0.267 e. The van der Waals surface area contributed by atoms with Gasteiger partial charge in [0.15, 0.2) is 0 Å². The maximum Gasteiger partial charge on any atom is 0.267 e. The second kappa shape index (κ2) is 7.90. The van der Waals surface area contributed by atoms with Crippen LogP contribution < -0.4 is 16.0 Å². The Morgan fingerprint density at radius 3 is 2.67 bits per heavy atom. The van der Waals surface area contributed by atoms with Crippen LogP contribution in [0.4, 0.5) is 4.39 Å². The molecule has 1 fully saturated rings. The topological polar surface area (TPSA) is 69.0 Å². The van der Waals surface area contributed by atoms with Crippen LogP contribution in [0.5, 0.6) is 0 Å². The van der Waals surface area contributed by atoms with E-state index in [0.717, 1.165) is 41.5 Å². The zero-order chi connectivity index (χ0) is 18.6. The molecule has 1 saturated heterocycles. The van der Waals surface area contributed by atoms with Crippen LogP contribution in [0.2, 0.25) is 0 Å². The Labute approximate surface area is 157 Å². The number of benzene rings is 2. The number of nitrogens with one attached hydrogen (secondary N) is 4. The first-order valence-electron chi connectivity index (χ1n) is 9.33. The molecule has 4 rings (SSSR count). The molecule has 1 unspecified atom stereocenters. The fraction of sp³-hybridized carbons (Fsp3) is 0.286. The molecule has 1 amide bonds. The van der Waals surface area contributed by atoms with E-state index in [1.54, 1.807) is 12.1 Å². The summed E-state index contributed by atoms with van der Waals surface area (Å²) in [5.41, 5.74) is 3.34. The van der Waals surface area contributed by atoms with Crippen LogP contribution in [0.3, 0.4) is 0 Å². The third kappa shape index (κ3) is 4.18. The normalized spacial score (nSPS) is 16.7. The Morgan fingerprint density at radius 1 is 1.07 bits per heavy atom. The number of rotatable bonds is 6. The standard InChI is InChI=1S/C21H23FN4O/c22-17-7-5-14(6-8-17)15-3-4-16-13-19(26-18(16)12-15)21(27)25-11-10-24-20-2-1-9-23-20/h3-8,12-13,20,23-24,26H,1-2,9-11H2,(H,25,27). The van der Waals surface area contributed by atoms with Gasteiger partial charge < -0.3 is 20.9 Å². The van der Waals surface area contributed by atoms with Gasteiger partial charge in [0, 0.05) is 24.0 Å². The van der Waals surface area contributed by atoms with Crippen molar-refractivity contribution in [2.75, 3.05) is 19.6 Å². The van der Waals surface area contributed by atoms with Crippen molar-refractivity contribution in [3.8, 4) is 11.1 Å². The van der Waals surface area contributed by atoms with Gasteiger partial charge in [0.25, 0.3) is 5.91 Å². The van der Waals surface area contributed by atoms with Gasteiger partial charge in [-0.05, 0) is 54.8 Å². The van der Waals surface area contributed by atoms with Crippen molar-refractivity contribution in [3.63, 3.8) is 0 Å². The van der Waals surface area contributed by atoms with E-state index in [1.807, 2.05) is 24.3 Å². The molecule has 6 heteroatoms.